The molecule has 22 heavy (non-hydrogen) atoms. The second-order valence-electron chi connectivity index (χ2n) is 4.88. The van der Waals surface area contributed by atoms with Crippen LogP contribution in [0.2, 0.25) is 0 Å². The number of carbonyl (C=O) groups is 1. The summed E-state index contributed by atoms with van der Waals surface area (Å²) in [6.45, 7) is 4.02. The van der Waals surface area contributed by atoms with Gasteiger partial charge in [0.1, 0.15) is 0 Å². The molecule has 0 radical (unpaired) electrons. The van der Waals surface area contributed by atoms with Gasteiger partial charge in [-0.05, 0) is 37.0 Å². The minimum atomic E-state index is -0.307. The van der Waals surface area contributed by atoms with Crippen molar-refractivity contribution in [2.24, 2.45) is 4.99 Å². The van der Waals surface area contributed by atoms with Crippen molar-refractivity contribution in [3.8, 4) is 0 Å². The van der Waals surface area contributed by atoms with E-state index in [2.05, 4.69) is 20.9 Å². The van der Waals surface area contributed by atoms with Gasteiger partial charge in [-0.2, -0.15) is 0 Å². The SMILES string of the molecule is CCOC(=O)C1=C(C)N=C2SC=CN2[C@@H]1c1cccc(Br)c1. The Bertz CT molecular complexity index is 712. The number of amidine groups is 1. The molecule has 0 spiro atoms. The molecule has 2 aliphatic rings. The molecule has 3 rings (SSSR count). The van der Waals surface area contributed by atoms with E-state index in [0.717, 1.165) is 15.2 Å². The number of carbonyl (C=O) groups excluding carboxylic acids is 1. The van der Waals surface area contributed by atoms with Gasteiger partial charge in [0.25, 0.3) is 0 Å². The maximum atomic E-state index is 12.4. The molecule has 1 aromatic rings. The van der Waals surface area contributed by atoms with Gasteiger partial charge in [0, 0.05) is 10.7 Å². The highest BCUT2D eigenvalue weighted by molar-refractivity contribution is 9.10. The van der Waals surface area contributed by atoms with E-state index >= 15 is 0 Å². The third kappa shape index (κ3) is 2.73. The zero-order chi connectivity index (χ0) is 15.7. The molecule has 0 aromatic heterocycles. The van der Waals surface area contributed by atoms with Crippen molar-refractivity contribution < 1.29 is 9.53 Å². The number of allylic oxidation sites excluding steroid dienone is 1. The van der Waals surface area contributed by atoms with E-state index in [0.29, 0.717) is 17.9 Å². The third-order valence-electron chi connectivity index (χ3n) is 3.48. The van der Waals surface area contributed by atoms with Gasteiger partial charge in [-0.25, -0.2) is 9.79 Å². The highest BCUT2D eigenvalue weighted by Crippen LogP contribution is 2.41. The Labute approximate surface area is 142 Å². The Morgan fingerprint density at radius 1 is 1.50 bits per heavy atom. The number of halogens is 1. The van der Waals surface area contributed by atoms with Crippen molar-refractivity contribution in [3.05, 3.63) is 57.2 Å². The van der Waals surface area contributed by atoms with Gasteiger partial charge in [0.05, 0.1) is 23.9 Å². The molecule has 114 valence electrons. The summed E-state index contributed by atoms with van der Waals surface area (Å²) in [6, 6.07) is 7.76. The van der Waals surface area contributed by atoms with Crippen LogP contribution in [-0.4, -0.2) is 22.6 Å². The van der Waals surface area contributed by atoms with Gasteiger partial charge in [-0.15, -0.1) is 0 Å². The van der Waals surface area contributed by atoms with Crippen LogP contribution in [0.25, 0.3) is 0 Å². The number of aliphatic imine (C=N–C) groups is 1. The molecule has 2 heterocycles. The second-order valence-corrected chi connectivity index (χ2v) is 6.67. The standard InChI is InChI=1S/C16H15BrN2O2S/c1-3-21-15(20)13-10(2)18-16-19(7-8-22-16)14(13)11-5-4-6-12(17)9-11/h4-9,14H,3H2,1-2H3/t14-/m1/s1. The Morgan fingerprint density at radius 2 is 2.32 bits per heavy atom. The van der Waals surface area contributed by atoms with Crippen molar-refractivity contribution in [3.63, 3.8) is 0 Å². The fraction of sp³-hybridized carbons (Fsp3) is 0.250. The first-order valence-electron chi connectivity index (χ1n) is 6.95. The summed E-state index contributed by atoms with van der Waals surface area (Å²) >= 11 is 5.06. The number of hydrogen-bond acceptors (Lipinski definition) is 5. The molecule has 2 aliphatic heterocycles. The lowest BCUT2D eigenvalue weighted by Gasteiger charge is -2.33. The number of rotatable bonds is 3. The summed E-state index contributed by atoms with van der Waals surface area (Å²) in [7, 11) is 0. The Morgan fingerprint density at radius 3 is 3.05 bits per heavy atom. The van der Waals surface area contributed by atoms with Crippen LogP contribution in [-0.2, 0) is 9.53 Å². The number of fused-ring (bicyclic) bond motifs is 1. The first-order valence-corrected chi connectivity index (χ1v) is 8.62. The van der Waals surface area contributed by atoms with Gasteiger partial charge in [0.15, 0.2) is 5.17 Å². The van der Waals surface area contributed by atoms with E-state index < -0.39 is 0 Å². The number of nitrogens with zero attached hydrogens (tertiary/aromatic N) is 2. The molecule has 0 aliphatic carbocycles. The fourth-order valence-electron chi connectivity index (χ4n) is 2.57. The van der Waals surface area contributed by atoms with Crippen molar-refractivity contribution in [1.29, 1.82) is 0 Å². The van der Waals surface area contributed by atoms with Crippen LogP contribution in [0.15, 0.2) is 56.6 Å². The molecular formula is C16H15BrN2O2S. The number of benzene rings is 1. The molecule has 0 amide bonds. The van der Waals surface area contributed by atoms with E-state index in [4.69, 9.17) is 4.74 Å². The fourth-order valence-corrected chi connectivity index (χ4v) is 3.78. The topological polar surface area (TPSA) is 41.9 Å². The number of hydrogen-bond donors (Lipinski definition) is 0. The molecule has 0 saturated heterocycles. The van der Waals surface area contributed by atoms with Gasteiger partial charge < -0.3 is 9.64 Å². The van der Waals surface area contributed by atoms with Crippen LogP contribution >= 0.6 is 27.7 Å². The minimum absolute atomic E-state index is 0.213. The van der Waals surface area contributed by atoms with Crippen molar-refractivity contribution >= 4 is 38.8 Å². The molecule has 0 fully saturated rings. The Kier molecular flexibility index (Phi) is 4.40. The lowest BCUT2D eigenvalue weighted by Crippen LogP contribution is -2.34. The molecule has 4 nitrogen and oxygen atoms in total. The average Bonchev–Trinajstić information content (AvgIpc) is 2.93. The van der Waals surface area contributed by atoms with Gasteiger partial charge in [0.2, 0.25) is 0 Å². The van der Waals surface area contributed by atoms with E-state index in [1.807, 2.05) is 54.6 Å². The normalized spacial score (nSPS) is 20.0. The first-order chi connectivity index (χ1) is 10.6. The third-order valence-corrected chi connectivity index (χ3v) is 4.74. The van der Waals surface area contributed by atoms with Crippen LogP contribution < -0.4 is 0 Å². The van der Waals surface area contributed by atoms with E-state index in [1.54, 1.807) is 11.8 Å². The molecule has 1 atom stereocenters. The smallest absolute Gasteiger partial charge is 0.338 e. The Hall–Kier alpha value is -1.53. The monoisotopic (exact) mass is 378 g/mol. The largest absolute Gasteiger partial charge is 0.463 e. The highest BCUT2D eigenvalue weighted by atomic mass is 79.9. The summed E-state index contributed by atoms with van der Waals surface area (Å²) in [5, 5.41) is 2.86. The van der Waals surface area contributed by atoms with Crippen LogP contribution in [0.1, 0.15) is 25.5 Å². The maximum absolute atomic E-state index is 12.4. The summed E-state index contributed by atoms with van der Waals surface area (Å²) in [6.07, 6.45) is 1.96. The van der Waals surface area contributed by atoms with Crippen LogP contribution in [0.3, 0.4) is 0 Å². The zero-order valence-corrected chi connectivity index (χ0v) is 14.6. The predicted octanol–water partition coefficient (Wildman–Crippen LogP) is 4.22. The van der Waals surface area contributed by atoms with Crippen molar-refractivity contribution in [1.82, 2.24) is 4.90 Å². The molecule has 0 N–H and O–H groups in total. The molecule has 0 bridgehead atoms. The summed E-state index contributed by atoms with van der Waals surface area (Å²) in [4.78, 5) is 19.0. The first kappa shape index (κ1) is 15.4. The number of ether oxygens (including phenoxy) is 1. The lowest BCUT2D eigenvalue weighted by atomic mass is 9.95. The van der Waals surface area contributed by atoms with Crippen LogP contribution in [0.5, 0.6) is 0 Å². The quantitative estimate of drug-likeness (QED) is 0.738. The minimum Gasteiger partial charge on any atom is -0.463 e. The van der Waals surface area contributed by atoms with E-state index in [-0.39, 0.29) is 12.0 Å². The molecule has 1 aromatic carbocycles. The van der Waals surface area contributed by atoms with Crippen molar-refractivity contribution in [2.75, 3.05) is 6.61 Å². The summed E-state index contributed by atoms with van der Waals surface area (Å²) in [5.74, 6) is -0.307. The number of thioether (sulfide) groups is 1. The molecule has 0 unspecified atom stereocenters. The van der Waals surface area contributed by atoms with Crippen LogP contribution in [0, 0.1) is 0 Å². The number of esters is 1. The molecule has 0 saturated carbocycles. The molecule has 6 heteroatoms. The van der Waals surface area contributed by atoms with E-state index in [9.17, 15) is 4.79 Å². The summed E-state index contributed by atoms with van der Waals surface area (Å²) in [5.41, 5.74) is 2.33. The summed E-state index contributed by atoms with van der Waals surface area (Å²) < 4.78 is 6.22. The van der Waals surface area contributed by atoms with Gasteiger partial charge >= 0.3 is 5.97 Å². The maximum Gasteiger partial charge on any atom is 0.338 e. The van der Waals surface area contributed by atoms with Gasteiger partial charge in [-0.3, -0.25) is 0 Å². The van der Waals surface area contributed by atoms with Crippen LogP contribution in [0.4, 0.5) is 0 Å². The Balaban J connectivity index is 2.11. The second kappa shape index (κ2) is 6.30. The van der Waals surface area contributed by atoms with E-state index in [1.165, 1.54) is 0 Å². The van der Waals surface area contributed by atoms with Crippen molar-refractivity contribution in [2.45, 2.75) is 19.9 Å². The highest BCUT2D eigenvalue weighted by Gasteiger charge is 2.37. The molecular weight excluding hydrogens is 364 g/mol. The average molecular weight is 379 g/mol. The predicted molar refractivity (Wildman–Crippen MR) is 92.2 cm³/mol. The lowest BCUT2D eigenvalue weighted by molar-refractivity contribution is -0.139. The zero-order valence-electron chi connectivity index (χ0n) is 12.2. The van der Waals surface area contributed by atoms with Gasteiger partial charge in [-0.1, -0.05) is 39.8 Å².